The van der Waals surface area contributed by atoms with Gasteiger partial charge >= 0.3 is 0 Å². The van der Waals surface area contributed by atoms with Gasteiger partial charge in [-0.05, 0) is 36.8 Å². The fourth-order valence-corrected chi connectivity index (χ4v) is 3.09. The lowest BCUT2D eigenvalue weighted by molar-refractivity contribution is 0.893. The third-order valence-electron chi connectivity index (χ3n) is 4.19. The molecule has 0 atom stereocenters. The maximum absolute atomic E-state index is 6.04. The summed E-state index contributed by atoms with van der Waals surface area (Å²) in [5.41, 5.74) is 2.98. The Labute approximate surface area is 167 Å². The standard InChI is InChI=1S/C20H20ClN7/c1-14-11-18(23-10-8-17-7-2-3-9-22-17)28-20(25-14)26-19(27-28)24-13-15-5-4-6-16(21)12-15/h2-7,9,11-12,23H,8,10,13H2,1H3,(H,24,27). The topological polar surface area (TPSA) is 80.0 Å². The summed E-state index contributed by atoms with van der Waals surface area (Å²) in [6.07, 6.45) is 2.62. The molecule has 3 heterocycles. The van der Waals surface area contributed by atoms with Crippen LogP contribution in [-0.4, -0.2) is 31.1 Å². The Bertz CT molecular complexity index is 1080. The first kappa shape index (κ1) is 18.2. The van der Waals surface area contributed by atoms with E-state index in [0.29, 0.717) is 23.3 Å². The summed E-state index contributed by atoms with van der Waals surface area (Å²) < 4.78 is 1.71. The minimum atomic E-state index is 0.519. The molecule has 0 fully saturated rings. The first-order valence-corrected chi connectivity index (χ1v) is 9.42. The van der Waals surface area contributed by atoms with Crippen LogP contribution in [0.4, 0.5) is 11.8 Å². The Morgan fingerprint density at radius 2 is 1.96 bits per heavy atom. The van der Waals surface area contributed by atoms with Crippen molar-refractivity contribution in [2.24, 2.45) is 0 Å². The molecule has 0 radical (unpaired) electrons. The number of halogens is 1. The Morgan fingerprint density at radius 3 is 2.79 bits per heavy atom. The van der Waals surface area contributed by atoms with Gasteiger partial charge in [0.15, 0.2) is 0 Å². The highest BCUT2D eigenvalue weighted by Crippen LogP contribution is 2.15. The molecule has 7 nitrogen and oxygen atoms in total. The second kappa shape index (κ2) is 8.22. The molecular weight excluding hydrogens is 374 g/mol. The zero-order valence-electron chi connectivity index (χ0n) is 15.4. The van der Waals surface area contributed by atoms with Crippen LogP contribution in [0.3, 0.4) is 0 Å². The predicted octanol–water partition coefficient (Wildman–Crippen LogP) is 3.75. The third kappa shape index (κ3) is 4.37. The van der Waals surface area contributed by atoms with Crippen LogP contribution in [-0.2, 0) is 13.0 Å². The van der Waals surface area contributed by atoms with E-state index in [4.69, 9.17) is 11.6 Å². The zero-order valence-corrected chi connectivity index (χ0v) is 16.2. The first-order valence-electron chi connectivity index (χ1n) is 9.04. The van der Waals surface area contributed by atoms with Gasteiger partial charge in [0, 0.05) is 48.2 Å². The second-order valence-electron chi connectivity index (χ2n) is 6.41. The van der Waals surface area contributed by atoms with E-state index in [1.807, 2.05) is 55.5 Å². The molecule has 0 aliphatic heterocycles. The van der Waals surface area contributed by atoms with Gasteiger partial charge in [0.05, 0.1) is 0 Å². The molecule has 0 aliphatic rings. The molecule has 0 amide bonds. The van der Waals surface area contributed by atoms with E-state index in [0.717, 1.165) is 35.7 Å². The van der Waals surface area contributed by atoms with E-state index < -0.39 is 0 Å². The molecule has 142 valence electrons. The molecular formula is C20H20ClN7. The van der Waals surface area contributed by atoms with Crippen LogP contribution in [0, 0.1) is 6.92 Å². The van der Waals surface area contributed by atoms with E-state index >= 15 is 0 Å². The summed E-state index contributed by atoms with van der Waals surface area (Å²) in [6.45, 7) is 3.26. The lowest BCUT2D eigenvalue weighted by atomic mass is 10.2. The Balaban J connectivity index is 1.47. The van der Waals surface area contributed by atoms with E-state index in [1.165, 1.54) is 0 Å². The van der Waals surface area contributed by atoms with Crippen molar-refractivity contribution in [2.75, 3.05) is 17.2 Å². The molecule has 28 heavy (non-hydrogen) atoms. The molecule has 1 aromatic carbocycles. The number of hydrogen-bond donors (Lipinski definition) is 2. The van der Waals surface area contributed by atoms with Crippen LogP contribution in [0.1, 0.15) is 17.0 Å². The van der Waals surface area contributed by atoms with Crippen LogP contribution in [0.2, 0.25) is 5.02 Å². The highest BCUT2D eigenvalue weighted by molar-refractivity contribution is 6.30. The van der Waals surface area contributed by atoms with E-state index in [1.54, 1.807) is 10.7 Å². The Morgan fingerprint density at radius 1 is 1.04 bits per heavy atom. The van der Waals surface area contributed by atoms with Gasteiger partial charge in [-0.15, -0.1) is 5.10 Å². The first-order chi connectivity index (χ1) is 13.7. The molecule has 4 aromatic rings. The zero-order chi connectivity index (χ0) is 19.3. The van der Waals surface area contributed by atoms with Gasteiger partial charge in [0.1, 0.15) is 5.82 Å². The van der Waals surface area contributed by atoms with Crippen LogP contribution in [0.25, 0.3) is 5.78 Å². The van der Waals surface area contributed by atoms with Crippen molar-refractivity contribution in [2.45, 2.75) is 19.9 Å². The summed E-state index contributed by atoms with van der Waals surface area (Å²) in [5.74, 6) is 1.92. The molecule has 4 rings (SSSR count). The summed E-state index contributed by atoms with van der Waals surface area (Å²) in [5, 5.41) is 11.9. The fraction of sp³-hybridized carbons (Fsp3) is 0.200. The molecule has 0 bridgehead atoms. The monoisotopic (exact) mass is 393 g/mol. The Kier molecular flexibility index (Phi) is 5.34. The van der Waals surface area contributed by atoms with Gasteiger partial charge in [-0.3, -0.25) is 4.98 Å². The molecule has 2 N–H and O–H groups in total. The smallest absolute Gasteiger partial charge is 0.256 e. The van der Waals surface area contributed by atoms with Crippen molar-refractivity contribution in [3.8, 4) is 0 Å². The van der Waals surface area contributed by atoms with Crippen molar-refractivity contribution in [1.82, 2.24) is 24.6 Å². The van der Waals surface area contributed by atoms with Crippen molar-refractivity contribution in [3.63, 3.8) is 0 Å². The summed E-state index contributed by atoms with van der Waals surface area (Å²) >= 11 is 6.04. The van der Waals surface area contributed by atoms with Gasteiger partial charge in [0.25, 0.3) is 5.78 Å². The normalized spacial score (nSPS) is 10.9. The molecule has 8 heteroatoms. The second-order valence-corrected chi connectivity index (χ2v) is 6.85. The molecule has 3 aromatic heterocycles. The minimum Gasteiger partial charge on any atom is -0.369 e. The molecule has 0 saturated heterocycles. The summed E-state index contributed by atoms with van der Waals surface area (Å²) in [4.78, 5) is 13.3. The van der Waals surface area contributed by atoms with Crippen molar-refractivity contribution in [1.29, 1.82) is 0 Å². The van der Waals surface area contributed by atoms with Gasteiger partial charge in [-0.25, -0.2) is 4.98 Å². The van der Waals surface area contributed by atoms with Gasteiger partial charge < -0.3 is 10.6 Å². The highest BCUT2D eigenvalue weighted by atomic mass is 35.5. The van der Waals surface area contributed by atoms with Crippen molar-refractivity contribution in [3.05, 3.63) is 76.7 Å². The molecule has 0 saturated carbocycles. The van der Waals surface area contributed by atoms with Crippen molar-refractivity contribution >= 4 is 29.1 Å². The maximum Gasteiger partial charge on any atom is 0.256 e. The number of hydrogen-bond acceptors (Lipinski definition) is 6. The average Bonchev–Trinajstić information content (AvgIpc) is 3.10. The van der Waals surface area contributed by atoms with E-state index in [9.17, 15) is 0 Å². The minimum absolute atomic E-state index is 0.519. The lowest BCUT2D eigenvalue weighted by Crippen LogP contribution is -2.11. The van der Waals surface area contributed by atoms with Crippen molar-refractivity contribution < 1.29 is 0 Å². The number of rotatable bonds is 7. The quantitative estimate of drug-likeness (QED) is 0.497. The van der Waals surface area contributed by atoms with E-state index in [-0.39, 0.29) is 0 Å². The predicted molar refractivity (Wildman–Crippen MR) is 111 cm³/mol. The number of aryl methyl sites for hydroxylation is 1. The highest BCUT2D eigenvalue weighted by Gasteiger charge is 2.10. The molecule has 0 unspecified atom stereocenters. The van der Waals surface area contributed by atoms with Gasteiger partial charge in [-0.1, -0.05) is 29.8 Å². The summed E-state index contributed by atoms with van der Waals surface area (Å²) in [7, 11) is 0. The lowest BCUT2D eigenvalue weighted by Gasteiger charge is -2.08. The SMILES string of the molecule is Cc1cc(NCCc2ccccn2)n2nc(NCc3cccc(Cl)c3)nc2n1. The number of aromatic nitrogens is 5. The third-order valence-corrected chi connectivity index (χ3v) is 4.43. The average molecular weight is 394 g/mol. The van der Waals surface area contributed by atoms with E-state index in [2.05, 4.69) is 30.7 Å². The maximum atomic E-state index is 6.04. The number of benzene rings is 1. The molecule has 0 spiro atoms. The van der Waals surface area contributed by atoms with Crippen LogP contribution in [0.15, 0.2) is 54.7 Å². The van der Waals surface area contributed by atoms with Gasteiger partial charge in [0.2, 0.25) is 5.95 Å². The molecule has 0 aliphatic carbocycles. The fourth-order valence-electron chi connectivity index (χ4n) is 2.88. The van der Waals surface area contributed by atoms with Crippen LogP contribution < -0.4 is 10.6 Å². The van der Waals surface area contributed by atoms with Gasteiger partial charge in [-0.2, -0.15) is 9.50 Å². The summed E-state index contributed by atoms with van der Waals surface area (Å²) in [6, 6.07) is 15.6. The number of nitrogens with zero attached hydrogens (tertiary/aromatic N) is 5. The largest absolute Gasteiger partial charge is 0.369 e. The number of fused-ring (bicyclic) bond motifs is 1. The number of nitrogens with one attached hydrogen (secondary N) is 2. The number of anilines is 2. The van der Waals surface area contributed by atoms with Crippen LogP contribution in [0.5, 0.6) is 0 Å². The Hall–Kier alpha value is -3.19. The number of pyridine rings is 1. The van der Waals surface area contributed by atoms with Crippen LogP contribution >= 0.6 is 11.6 Å².